The Morgan fingerprint density at radius 1 is 1.03 bits per heavy atom. The average Bonchev–Trinajstić information content (AvgIpc) is 3.54. The monoisotopic (exact) mass is 459 g/mol. The van der Waals surface area contributed by atoms with Crippen LogP contribution in [0.3, 0.4) is 0 Å². The molecule has 6 nitrogen and oxygen atoms in total. The third kappa shape index (κ3) is 3.91. The second-order valence-corrected chi connectivity index (χ2v) is 10.4. The maximum atomic E-state index is 14.4. The highest BCUT2D eigenvalue weighted by Crippen LogP contribution is 2.40. The highest BCUT2D eigenvalue weighted by molar-refractivity contribution is 5.94. The van der Waals surface area contributed by atoms with Gasteiger partial charge in [0.15, 0.2) is 0 Å². The van der Waals surface area contributed by atoms with Gasteiger partial charge in [0, 0.05) is 59.5 Å². The van der Waals surface area contributed by atoms with Gasteiger partial charge in [-0.2, -0.15) is 0 Å². The van der Waals surface area contributed by atoms with Crippen LogP contribution in [-0.4, -0.2) is 30.3 Å². The van der Waals surface area contributed by atoms with Crippen LogP contribution in [0, 0.1) is 19.8 Å². The van der Waals surface area contributed by atoms with E-state index in [1.54, 1.807) is 6.92 Å². The van der Waals surface area contributed by atoms with Crippen LogP contribution in [-0.2, 0) is 6.54 Å². The summed E-state index contributed by atoms with van der Waals surface area (Å²) in [5.41, 5.74) is 5.83. The van der Waals surface area contributed by atoms with E-state index < -0.39 is 5.67 Å². The number of hydrogen-bond acceptors (Lipinski definition) is 5. The summed E-state index contributed by atoms with van der Waals surface area (Å²) in [4.78, 5) is 14.2. The summed E-state index contributed by atoms with van der Waals surface area (Å²) in [6.45, 7) is 6.46. The largest absolute Gasteiger partial charge is 0.361 e. The molecule has 0 aromatic carbocycles. The molecule has 0 saturated heterocycles. The van der Waals surface area contributed by atoms with Gasteiger partial charge in [0.1, 0.15) is 17.3 Å². The van der Waals surface area contributed by atoms with E-state index >= 15 is 0 Å². The average molecular weight is 460 g/mol. The number of pyridine rings is 1. The quantitative estimate of drug-likeness (QED) is 0.338. The summed E-state index contributed by atoms with van der Waals surface area (Å²) in [7, 11) is 0. The van der Waals surface area contributed by atoms with E-state index in [2.05, 4.69) is 32.0 Å². The molecule has 2 aliphatic carbocycles. The Morgan fingerprint density at radius 2 is 1.74 bits per heavy atom. The number of hydrogen-bond donors (Lipinski definition) is 0. The van der Waals surface area contributed by atoms with Crippen LogP contribution in [0.5, 0.6) is 0 Å². The highest BCUT2D eigenvalue weighted by Gasteiger charge is 2.31. The lowest BCUT2D eigenvalue weighted by Gasteiger charge is -2.31. The number of nitrogens with zero attached hydrogens (tertiary/aromatic N) is 5. The molecule has 4 aromatic heterocycles. The lowest BCUT2D eigenvalue weighted by Crippen LogP contribution is -2.27. The predicted molar refractivity (Wildman–Crippen MR) is 129 cm³/mol. The fourth-order valence-corrected chi connectivity index (χ4v) is 5.33. The molecular weight excluding hydrogens is 429 g/mol. The summed E-state index contributed by atoms with van der Waals surface area (Å²) in [5.74, 6) is 2.70. The van der Waals surface area contributed by atoms with Crippen LogP contribution < -0.4 is 0 Å². The number of aromatic nitrogens is 5. The van der Waals surface area contributed by atoms with E-state index in [1.807, 2.05) is 32.4 Å². The van der Waals surface area contributed by atoms with Crippen molar-refractivity contribution in [1.82, 2.24) is 24.7 Å². The van der Waals surface area contributed by atoms with Gasteiger partial charge < -0.3 is 9.09 Å². The number of alkyl halides is 1. The number of halogens is 1. The van der Waals surface area contributed by atoms with Gasteiger partial charge in [-0.1, -0.05) is 5.16 Å². The number of aryl methyl sites for hydroxylation is 2. The van der Waals surface area contributed by atoms with Crippen LogP contribution in [0.25, 0.3) is 33.3 Å². The van der Waals surface area contributed by atoms with Crippen molar-refractivity contribution in [3.63, 3.8) is 0 Å². The predicted octanol–water partition coefficient (Wildman–Crippen LogP) is 6.56. The molecule has 34 heavy (non-hydrogen) atoms. The molecule has 6 rings (SSSR count). The number of fused-ring (bicyclic) bond motifs is 1. The standard InChI is InChI=1S/C27H30FN5O/c1-16-24(17(2)34-32-16)20-10-23-25(29-11-20)22(21-12-30-26(31-13-21)19-4-5-19)15-33(23)14-18-6-8-27(3,28)9-7-18/h10-13,15,18-19H,4-9,14H2,1-3H3. The van der Waals surface area contributed by atoms with Crippen LogP contribution >= 0.6 is 0 Å². The van der Waals surface area contributed by atoms with E-state index in [9.17, 15) is 4.39 Å². The molecule has 0 aliphatic heterocycles. The van der Waals surface area contributed by atoms with Gasteiger partial charge in [-0.05, 0) is 71.3 Å². The molecule has 2 aliphatic rings. The maximum absolute atomic E-state index is 14.4. The minimum atomic E-state index is -1.03. The van der Waals surface area contributed by atoms with Crippen molar-refractivity contribution in [3.8, 4) is 22.3 Å². The molecule has 0 unspecified atom stereocenters. The Bertz CT molecular complexity index is 1320. The van der Waals surface area contributed by atoms with E-state index in [4.69, 9.17) is 9.51 Å². The molecule has 2 fully saturated rings. The van der Waals surface area contributed by atoms with E-state index in [0.717, 1.165) is 70.0 Å². The molecule has 0 bridgehead atoms. The number of rotatable bonds is 5. The molecule has 0 N–H and O–H groups in total. The van der Waals surface area contributed by atoms with Crippen molar-refractivity contribution >= 4 is 11.0 Å². The lowest BCUT2D eigenvalue weighted by molar-refractivity contribution is 0.0985. The Kier molecular flexibility index (Phi) is 5.04. The van der Waals surface area contributed by atoms with Crippen molar-refractivity contribution in [3.05, 3.63) is 48.1 Å². The molecular formula is C27H30FN5O. The first-order chi connectivity index (χ1) is 16.4. The summed E-state index contributed by atoms with van der Waals surface area (Å²) >= 11 is 0. The zero-order valence-corrected chi connectivity index (χ0v) is 20.0. The summed E-state index contributed by atoms with van der Waals surface area (Å²) in [5, 5.41) is 4.12. The Balaban J connectivity index is 1.42. The van der Waals surface area contributed by atoms with Crippen LogP contribution in [0.15, 0.2) is 35.4 Å². The van der Waals surface area contributed by atoms with Gasteiger partial charge in [-0.25, -0.2) is 14.4 Å². The van der Waals surface area contributed by atoms with E-state index in [1.165, 1.54) is 12.8 Å². The zero-order chi connectivity index (χ0) is 23.4. The smallest absolute Gasteiger partial charge is 0.141 e. The fourth-order valence-electron chi connectivity index (χ4n) is 5.33. The Morgan fingerprint density at radius 3 is 2.38 bits per heavy atom. The second-order valence-electron chi connectivity index (χ2n) is 10.4. The van der Waals surface area contributed by atoms with Crippen LogP contribution in [0.1, 0.15) is 68.6 Å². The third-order valence-electron chi connectivity index (χ3n) is 7.57. The van der Waals surface area contributed by atoms with Crippen molar-refractivity contribution in [2.45, 2.75) is 77.4 Å². The summed E-state index contributed by atoms with van der Waals surface area (Å²) in [6.07, 6.45) is 13.4. The topological polar surface area (TPSA) is 69.6 Å². The maximum Gasteiger partial charge on any atom is 0.141 e. The second kappa shape index (κ2) is 8.00. The Labute approximate surface area is 198 Å². The van der Waals surface area contributed by atoms with E-state index in [0.29, 0.717) is 24.7 Å². The van der Waals surface area contributed by atoms with Crippen molar-refractivity contribution in [2.75, 3.05) is 0 Å². The molecule has 0 spiro atoms. The normalized spacial score (nSPS) is 23.0. The summed E-state index contributed by atoms with van der Waals surface area (Å²) in [6, 6.07) is 2.18. The molecule has 7 heteroatoms. The SMILES string of the molecule is Cc1noc(C)c1-c1cnc2c(-c3cnc(C4CC4)nc3)cn(CC3CCC(C)(F)CC3)c2c1. The van der Waals surface area contributed by atoms with Gasteiger partial charge >= 0.3 is 0 Å². The molecule has 2 saturated carbocycles. The third-order valence-corrected chi connectivity index (χ3v) is 7.57. The first kappa shape index (κ1) is 21.4. The Hall–Kier alpha value is -3.09. The fraction of sp³-hybridized carbons (Fsp3) is 0.481. The molecule has 4 aromatic rings. The van der Waals surface area contributed by atoms with Crippen LogP contribution in [0.4, 0.5) is 4.39 Å². The van der Waals surface area contributed by atoms with Crippen LogP contribution in [0.2, 0.25) is 0 Å². The van der Waals surface area contributed by atoms with Crippen molar-refractivity contribution in [1.29, 1.82) is 0 Å². The van der Waals surface area contributed by atoms with Gasteiger partial charge in [0.2, 0.25) is 0 Å². The molecule has 176 valence electrons. The van der Waals surface area contributed by atoms with Crippen molar-refractivity contribution < 1.29 is 8.91 Å². The minimum absolute atomic E-state index is 0.448. The highest BCUT2D eigenvalue weighted by atomic mass is 19.1. The zero-order valence-electron chi connectivity index (χ0n) is 20.0. The molecule has 0 amide bonds. The lowest BCUT2D eigenvalue weighted by atomic mass is 9.81. The van der Waals surface area contributed by atoms with E-state index in [-0.39, 0.29) is 0 Å². The molecule has 0 radical (unpaired) electrons. The minimum Gasteiger partial charge on any atom is -0.361 e. The summed E-state index contributed by atoms with van der Waals surface area (Å²) < 4.78 is 22.1. The molecule has 0 atom stereocenters. The van der Waals surface area contributed by atoms with Gasteiger partial charge in [-0.15, -0.1) is 0 Å². The van der Waals surface area contributed by atoms with Gasteiger partial charge in [0.05, 0.1) is 16.7 Å². The van der Waals surface area contributed by atoms with Crippen molar-refractivity contribution in [2.24, 2.45) is 5.92 Å². The van der Waals surface area contributed by atoms with Gasteiger partial charge in [-0.3, -0.25) is 4.98 Å². The molecule has 4 heterocycles. The van der Waals surface area contributed by atoms with Gasteiger partial charge in [0.25, 0.3) is 0 Å². The first-order valence-electron chi connectivity index (χ1n) is 12.3. The first-order valence-corrected chi connectivity index (χ1v) is 12.3.